The summed E-state index contributed by atoms with van der Waals surface area (Å²) in [5.74, 6) is -0.159. The second kappa shape index (κ2) is 5.29. The molecule has 0 saturated carbocycles. The zero-order valence-corrected chi connectivity index (χ0v) is 10.9. The van der Waals surface area contributed by atoms with Crippen molar-refractivity contribution in [2.75, 3.05) is 10.6 Å². The number of halogens is 2. The number of rotatable bonds is 3. The van der Waals surface area contributed by atoms with E-state index in [2.05, 4.69) is 31.3 Å². The van der Waals surface area contributed by atoms with E-state index in [0.717, 1.165) is 0 Å². The molecule has 0 radical (unpaired) electrons. The molecule has 2 rings (SSSR count). The molecule has 0 aliphatic heterocycles. The number of carbonyl (C=O) groups is 1. The number of amides is 1. The second-order valence-corrected chi connectivity index (χ2v) is 4.13. The van der Waals surface area contributed by atoms with E-state index in [1.165, 1.54) is 17.3 Å². The fourth-order valence-electron chi connectivity index (χ4n) is 1.36. The summed E-state index contributed by atoms with van der Waals surface area (Å²) in [6.07, 6.45) is 2.92. The number of anilines is 1. The van der Waals surface area contributed by atoms with Crippen LogP contribution in [0.5, 0.6) is 0 Å². The Balaban J connectivity index is 2.45. The average Bonchev–Trinajstić information content (AvgIpc) is 2.82. The van der Waals surface area contributed by atoms with E-state index < -0.39 is 0 Å². The number of hydrogen-bond acceptors (Lipinski definition) is 3. The first-order valence-corrected chi connectivity index (χ1v) is 6.21. The minimum atomic E-state index is -0.159. The van der Waals surface area contributed by atoms with E-state index in [-0.39, 0.29) is 11.2 Å². The standard InChI is InChI=1S/C10H8BrClN4O/c11-4-9(17)15-8-3-1-2-7(12)10(8)16-6-13-5-14-16/h1-3,5-6H,4H2,(H,15,17). The molecule has 1 aromatic heterocycles. The van der Waals surface area contributed by atoms with Gasteiger partial charge < -0.3 is 5.32 Å². The molecule has 1 amide bonds. The predicted octanol–water partition coefficient (Wildman–Crippen LogP) is 2.25. The van der Waals surface area contributed by atoms with Crippen LogP contribution in [0.4, 0.5) is 5.69 Å². The fourth-order valence-corrected chi connectivity index (χ4v) is 1.76. The van der Waals surface area contributed by atoms with Crippen LogP contribution in [0.1, 0.15) is 0 Å². The molecule has 0 aliphatic carbocycles. The Morgan fingerprint density at radius 3 is 3.00 bits per heavy atom. The zero-order valence-electron chi connectivity index (χ0n) is 8.60. The second-order valence-electron chi connectivity index (χ2n) is 3.16. The molecular weight excluding hydrogens is 307 g/mol. The van der Waals surface area contributed by atoms with Crippen molar-refractivity contribution in [3.05, 3.63) is 35.9 Å². The van der Waals surface area contributed by atoms with Gasteiger partial charge in [0.05, 0.1) is 16.0 Å². The predicted molar refractivity (Wildman–Crippen MR) is 68.8 cm³/mol. The Labute approximate surface area is 111 Å². The summed E-state index contributed by atoms with van der Waals surface area (Å²) >= 11 is 9.18. The van der Waals surface area contributed by atoms with Gasteiger partial charge in [-0.05, 0) is 12.1 Å². The molecule has 2 aromatic rings. The van der Waals surface area contributed by atoms with Crippen molar-refractivity contribution in [2.24, 2.45) is 0 Å². The van der Waals surface area contributed by atoms with Crippen LogP contribution in [0.15, 0.2) is 30.9 Å². The van der Waals surface area contributed by atoms with Gasteiger partial charge in [-0.3, -0.25) is 4.79 Å². The van der Waals surface area contributed by atoms with Crippen LogP contribution in [0.2, 0.25) is 5.02 Å². The van der Waals surface area contributed by atoms with Crippen LogP contribution in [0.3, 0.4) is 0 Å². The smallest absolute Gasteiger partial charge is 0.235 e. The highest BCUT2D eigenvalue weighted by Gasteiger charge is 2.11. The lowest BCUT2D eigenvalue weighted by atomic mass is 10.2. The maximum Gasteiger partial charge on any atom is 0.235 e. The van der Waals surface area contributed by atoms with E-state index in [1.807, 2.05) is 0 Å². The highest BCUT2D eigenvalue weighted by atomic mass is 79.9. The topological polar surface area (TPSA) is 59.8 Å². The third-order valence-corrected chi connectivity index (χ3v) is 2.84. The van der Waals surface area contributed by atoms with Crippen molar-refractivity contribution in [2.45, 2.75) is 0 Å². The highest BCUT2D eigenvalue weighted by molar-refractivity contribution is 9.09. The molecule has 0 fully saturated rings. The number of benzene rings is 1. The Morgan fingerprint density at radius 1 is 1.53 bits per heavy atom. The maximum atomic E-state index is 11.4. The average molecular weight is 316 g/mol. The first-order valence-electron chi connectivity index (χ1n) is 4.71. The molecule has 0 aliphatic rings. The van der Waals surface area contributed by atoms with Gasteiger partial charge in [-0.2, -0.15) is 5.10 Å². The molecule has 0 saturated heterocycles. The first-order chi connectivity index (χ1) is 8.22. The summed E-state index contributed by atoms with van der Waals surface area (Å²) in [5, 5.41) is 7.44. The van der Waals surface area contributed by atoms with Gasteiger partial charge in [0.25, 0.3) is 0 Å². The Kier molecular flexibility index (Phi) is 3.75. The Morgan fingerprint density at radius 2 is 2.35 bits per heavy atom. The van der Waals surface area contributed by atoms with Crippen molar-refractivity contribution in [1.82, 2.24) is 14.8 Å². The van der Waals surface area contributed by atoms with Crippen LogP contribution in [-0.4, -0.2) is 26.0 Å². The van der Waals surface area contributed by atoms with Gasteiger partial charge in [0.15, 0.2) is 0 Å². The lowest BCUT2D eigenvalue weighted by molar-refractivity contribution is -0.113. The minimum Gasteiger partial charge on any atom is -0.323 e. The van der Waals surface area contributed by atoms with Gasteiger partial charge in [-0.1, -0.05) is 33.6 Å². The molecule has 7 heteroatoms. The van der Waals surface area contributed by atoms with Gasteiger partial charge in [-0.25, -0.2) is 9.67 Å². The molecule has 1 N–H and O–H groups in total. The van der Waals surface area contributed by atoms with Gasteiger partial charge in [0.1, 0.15) is 18.3 Å². The number of aromatic nitrogens is 3. The van der Waals surface area contributed by atoms with Crippen molar-refractivity contribution < 1.29 is 4.79 Å². The number of nitrogens with zero attached hydrogens (tertiary/aromatic N) is 3. The van der Waals surface area contributed by atoms with E-state index in [0.29, 0.717) is 16.4 Å². The van der Waals surface area contributed by atoms with Gasteiger partial charge in [-0.15, -0.1) is 0 Å². The monoisotopic (exact) mass is 314 g/mol. The summed E-state index contributed by atoms with van der Waals surface area (Å²) in [6, 6.07) is 5.23. The van der Waals surface area contributed by atoms with Crippen molar-refractivity contribution in [3.63, 3.8) is 0 Å². The molecule has 0 unspecified atom stereocenters. The van der Waals surface area contributed by atoms with E-state index in [1.54, 1.807) is 18.2 Å². The highest BCUT2D eigenvalue weighted by Crippen LogP contribution is 2.27. The van der Waals surface area contributed by atoms with E-state index in [4.69, 9.17) is 11.6 Å². The normalized spacial score (nSPS) is 10.2. The van der Waals surface area contributed by atoms with Crippen molar-refractivity contribution in [3.8, 4) is 5.69 Å². The molecule has 0 atom stereocenters. The quantitative estimate of drug-likeness (QED) is 0.884. The first kappa shape index (κ1) is 12.1. The number of nitrogens with one attached hydrogen (secondary N) is 1. The number of alkyl halides is 1. The summed E-state index contributed by atoms with van der Waals surface area (Å²) in [7, 11) is 0. The lowest BCUT2D eigenvalue weighted by Gasteiger charge is -2.11. The number of hydrogen-bond donors (Lipinski definition) is 1. The molecular formula is C10H8BrClN4O. The van der Waals surface area contributed by atoms with Crippen LogP contribution < -0.4 is 5.32 Å². The van der Waals surface area contributed by atoms with Crippen molar-refractivity contribution in [1.29, 1.82) is 0 Å². The summed E-state index contributed by atoms with van der Waals surface area (Å²) in [4.78, 5) is 15.2. The maximum absolute atomic E-state index is 11.4. The van der Waals surface area contributed by atoms with Crippen LogP contribution >= 0.6 is 27.5 Å². The molecule has 1 aromatic carbocycles. The molecule has 1 heterocycles. The molecule has 5 nitrogen and oxygen atoms in total. The van der Waals surface area contributed by atoms with Crippen LogP contribution in [0, 0.1) is 0 Å². The zero-order chi connectivity index (χ0) is 12.3. The van der Waals surface area contributed by atoms with E-state index in [9.17, 15) is 4.79 Å². The van der Waals surface area contributed by atoms with Crippen molar-refractivity contribution >= 4 is 39.1 Å². The van der Waals surface area contributed by atoms with Gasteiger partial charge in [0, 0.05) is 0 Å². The molecule has 0 spiro atoms. The summed E-state index contributed by atoms with van der Waals surface area (Å²) < 4.78 is 1.51. The molecule has 17 heavy (non-hydrogen) atoms. The third kappa shape index (κ3) is 2.65. The van der Waals surface area contributed by atoms with Crippen LogP contribution in [0.25, 0.3) is 5.69 Å². The van der Waals surface area contributed by atoms with Gasteiger partial charge in [0.2, 0.25) is 5.91 Å². The third-order valence-electron chi connectivity index (χ3n) is 2.03. The lowest BCUT2D eigenvalue weighted by Crippen LogP contribution is -2.14. The fraction of sp³-hybridized carbons (Fsp3) is 0.100. The van der Waals surface area contributed by atoms with Crippen LogP contribution in [-0.2, 0) is 4.79 Å². The summed E-state index contributed by atoms with van der Waals surface area (Å²) in [6.45, 7) is 0. The largest absolute Gasteiger partial charge is 0.323 e. The number of carbonyl (C=O) groups excluding carboxylic acids is 1. The SMILES string of the molecule is O=C(CBr)Nc1cccc(Cl)c1-n1cncn1. The Bertz CT molecular complexity index is 529. The molecule has 88 valence electrons. The number of para-hydroxylation sites is 1. The summed E-state index contributed by atoms with van der Waals surface area (Å²) in [5.41, 5.74) is 1.19. The minimum absolute atomic E-state index is 0.159. The molecule has 0 bridgehead atoms. The van der Waals surface area contributed by atoms with Gasteiger partial charge >= 0.3 is 0 Å². The Hall–Kier alpha value is -1.40. The van der Waals surface area contributed by atoms with E-state index >= 15 is 0 Å².